The van der Waals surface area contributed by atoms with Crippen LogP contribution in [0.1, 0.15) is 55.2 Å². The number of nitrogens with zero attached hydrogens (tertiary/aromatic N) is 4. The summed E-state index contributed by atoms with van der Waals surface area (Å²) in [4.78, 5) is 9.03. The number of hydrogen-bond donors (Lipinski definition) is 1. The summed E-state index contributed by atoms with van der Waals surface area (Å²) in [5.41, 5.74) is 0. The first kappa shape index (κ1) is 14.1. The number of hydrogen-bond acceptors (Lipinski definition) is 8. The van der Waals surface area contributed by atoms with E-state index in [1.165, 1.54) is 24.4 Å². The van der Waals surface area contributed by atoms with E-state index >= 15 is 0 Å². The topological polar surface area (TPSA) is 86.0 Å². The molecule has 8 heteroatoms. The van der Waals surface area contributed by atoms with Gasteiger partial charge in [0.15, 0.2) is 5.82 Å². The molecule has 3 heterocycles. The minimum Gasteiger partial charge on any atom is -0.381 e. The molecule has 22 heavy (non-hydrogen) atoms. The third-order valence-corrected chi connectivity index (χ3v) is 4.87. The van der Waals surface area contributed by atoms with Crippen molar-refractivity contribution in [2.45, 2.75) is 44.6 Å². The first-order valence-electron chi connectivity index (χ1n) is 7.77. The molecule has 1 aliphatic carbocycles. The van der Waals surface area contributed by atoms with Gasteiger partial charge in [-0.1, -0.05) is 5.16 Å². The van der Waals surface area contributed by atoms with Gasteiger partial charge < -0.3 is 14.6 Å². The van der Waals surface area contributed by atoms with Crippen LogP contribution in [0.5, 0.6) is 0 Å². The fourth-order valence-corrected chi connectivity index (χ4v) is 3.49. The number of ether oxygens (including phenoxy) is 1. The van der Waals surface area contributed by atoms with Crippen molar-refractivity contribution in [2.75, 3.05) is 18.5 Å². The fraction of sp³-hybridized carbons (Fsp3) is 0.714. The van der Waals surface area contributed by atoms with Crippen molar-refractivity contribution in [1.29, 1.82) is 0 Å². The van der Waals surface area contributed by atoms with Crippen molar-refractivity contribution >= 4 is 16.7 Å². The van der Waals surface area contributed by atoms with Crippen LogP contribution >= 0.6 is 11.5 Å². The summed E-state index contributed by atoms with van der Waals surface area (Å²) in [7, 11) is 0. The molecular weight excluding hydrogens is 302 g/mol. The van der Waals surface area contributed by atoms with E-state index in [1.54, 1.807) is 0 Å². The molecule has 0 spiro atoms. The van der Waals surface area contributed by atoms with E-state index in [0.29, 0.717) is 23.6 Å². The van der Waals surface area contributed by atoms with Crippen LogP contribution in [-0.4, -0.2) is 32.7 Å². The Morgan fingerprint density at radius 1 is 1.18 bits per heavy atom. The van der Waals surface area contributed by atoms with E-state index in [0.717, 1.165) is 37.0 Å². The molecule has 7 nitrogen and oxygen atoms in total. The van der Waals surface area contributed by atoms with Gasteiger partial charge in [-0.2, -0.15) is 9.36 Å². The number of rotatable bonds is 5. The SMILES string of the molecule is Cc1noc([C@H](Nc2nc(C3CC3)ns2)C2CCOCC2)n1. The van der Waals surface area contributed by atoms with Gasteiger partial charge >= 0.3 is 0 Å². The van der Waals surface area contributed by atoms with Crippen LogP contribution in [0, 0.1) is 12.8 Å². The zero-order valence-electron chi connectivity index (χ0n) is 12.5. The molecule has 118 valence electrons. The maximum absolute atomic E-state index is 5.47. The lowest BCUT2D eigenvalue weighted by Gasteiger charge is -2.28. The van der Waals surface area contributed by atoms with E-state index < -0.39 is 0 Å². The fourth-order valence-electron chi connectivity index (χ4n) is 2.80. The lowest BCUT2D eigenvalue weighted by atomic mass is 9.91. The molecule has 0 radical (unpaired) electrons. The van der Waals surface area contributed by atoms with Crippen LogP contribution in [0.3, 0.4) is 0 Å². The summed E-state index contributed by atoms with van der Waals surface area (Å²) in [5, 5.41) is 8.24. The monoisotopic (exact) mass is 321 g/mol. The summed E-state index contributed by atoms with van der Waals surface area (Å²) in [6, 6.07) is -0.0231. The molecule has 1 aliphatic heterocycles. The van der Waals surface area contributed by atoms with E-state index in [9.17, 15) is 0 Å². The summed E-state index contributed by atoms with van der Waals surface area (Å²) >= 11 is 1.42. The Kier molecular flexibility index (Phi) is 3.79. The van der Waals surface area contributed by atoms with Gasteiger partial charge in [0.05, 0.1) is 0 Å². The quantitative estimate of drug-likeness (QED) is 0.906. The highest BCUT2D eigenvalue weighted by Gasteiger charge is 2.32. The van der Waals surface area contributed by atoms with E-state index in [4.69, 9.17) is 9.26 Å². The van der Waals surface area contributed by atoms with Gasteiger partial charge in [0.25, 0.3) is 0 Å². The molecule has 1 saturated heterocycles. The van der Waals surface area contributed by atoms with Gasteiger partial charge in [-0.15, -0.1) is 0 Å². The van der Waals surface area contributed by atoms with Gasteiger partial charge in [-0.05, 0) is 38.5 Å². The second-order valence-electron chi connectivity index (χ2n) is 5.98. The third kappa shape index (κ3) is 2.98. The second kappa shape index (κ2) is 5.92. The van der Waals surface area contributed by atoms with E-state index in [1.807, 2.05) is 6.92 Å². The second-order valence-corrected chi connectivity index (χ2v) is 6.74. The van der Waals surface area contributed by atoms with Crippen molar-refractivity contribution < 1.29 is 9.26 Å². The smallest absolute Gasteiger partial charge is 0.249 e. The normalized spacial score (nSPS) is 21.0. The van der Waals surface area contributed by atoms with Crippen LogP contribution < -0.4 is 5.32 Å². The summed E-state index contributed by atoms with van der Waals surface area (Å²) in [5.74, 6) is 3.23. The number of aryl methyl sites for hydroxylation is 1. The Labute approximate surface area is 132 Å². The number of anilines is 1. The lowest BCUT2D eigenvalue weighted by molar-refractivity contribution is 0.0571. The number of nitrogens with one attached hydrogen (secondary N) is 1. The largest absolute Gasteiger partial charge is 0.381 e. The molecule has 2 fully saturated rings. The predicted octanol–water partition coefficient (Wildman–Crippen LogP) is 2.69. The van der Waals surface area contributed by atoms with Gasteiger partial charge in [0.1, 0.15) is 11.9 Å². The van der Waals surface area contributed by atoms with Crippen molar-refractivity contribution in [3.8, 4) is 0 Å². The molecular formula is C14H19N5O2S. The Balaban J connectivity index is 1.55. The van der Waals surface area contributed by atoms with Gasteiger partial charge in [-0.25, -0.2) is 4.98 Å². The highest BCUT2D eigenvalue weighted by Crippen LogP contribution is 2.40. The molecule has 0 aromatic carbocycles. The minimum atomic E-state index is -0.0231. The van der Waals surface area contributed by atoms with Crippen LogP contribution in [-0.2, 0) is 4.74 Å². The van der Waals surface area contributed by atoms with E-state index in [-0.39, 0.29) is 6.04 Å². The molecule has 1 atom stereocenters. The van der Waals surface area contributed by atoms with Crippen molar-refractivity contribution in [2.24, 2.45) is 5.92 Å². The Hall–Kier alpha value is -1.54. The van der Waals surface area contributed by atoms with Crippen molar-refractivity contribution in [1.82, 2.24) is 19.5 Å². The van der Waals surface area contributed by atoms with Gasteiger partial charge in [0, 0.05) is 30.7 Å². The minimum absolute atomic E-state index is 0.0231. The molecule has 2 aliphatic rings. The molecule has 0 amide bonds. The van der Waals surface area contributed by atoms with Gasteiger partial charge in [-0.3, -0.25) is 0 Å². The maximum atomic E-state index is 5.47. The molecule has 2 aromatic rings. The summed E-state index contributed by atoms with van der Waals surface area (Å²) in [6.45, 7) is 3.39. The van der Waals surface area contributed by atoms with Crippen LogP contribution in [0.15, 0.2) is 4.52 Å². The Morgan fingerprint density at radius 2 is 2.00 bits per heavy atom. The molecule has 1 N–H and O–H groups in total. The zero-order chi connectivity index (χ0) is 14.9. The highest BCUT2D eigenvalue weighted by molar-refractivity contribution is 7.09. The Bertz CT molecular complexity index is 633. The average molecular weight is 321 g/mol. The number of aromatic nitrogens is 4. The van der Waals surface area contributed by atoms with Crippen molar-refractivity contribution in [3.05, 3.63) is 17.5 Å². The zero-order valence-corrected chi connectivity index (χ0v) is 13.3. The third-order valence-electron chi connectivity index (χ3n) is 4.21. The van der Waals surface area contributed by atoms with Crippen molar-refractivity contribution in [3.63, 3.8) is 0 Å². The summed E-state index contributed by atoms with van der Waals surface area (Å²) < 4.78 is 15.3. The molecule has 0 unspecified atom stereocenters. The highest BCUT2D eigenvalue weighted by atomic mass is 32.1. The Morgan fingerprint density at radius 3 is 2.68 bits per heavy atom. The maximum Gasteiger partial charge on any atom is 0.249 e. The molecule has 4 rings (SSSR count). The predicted molar refractivity (Wildman–Crippen MR) is 80.8 cm³/mol. The average Bonchev–Trinajstić information content (AvgIpc) is 3.14. The lowest BCUT2D eigenvalue weighted by Crippen LogP contribution is -2.27. The summed E-state index contributed by atoms with van der Waals surface area (Å²) in [6.07, 6.45) is 4.38. The standard InChI is InChI=1S/C14H19N5O2S/c1-8-15-13(21-18-8)11(9-4-6-20-7-5-9)16-14-17-12(19-22-14)10-2-3-10/h9-11H,2-7H2,1H3,(H,16,17,19)/t11-/m1/s1. The first-order valence-corrected chi connectivity index (χ1v) is 8.55. The molecule has 1 saturated carbocycles. The molecule has 2 aromatic heterocycles. The van der Waals surface area contributed by atoms with Crippen LogP contribution in [0.2, 0.25) is 0 Å². The first-order chi connectivity index (χ1) is 10.8. The van der Waals surface area contributed by atoms with Gasteiger partial charge in [0.2, 0.25) is 11.0 Å². The molecule has 0 bridgehead atoms. The van der Waals surface area contributed by atoms with E-state index in [2.05, 4.69) is 24.8 Å². The van der Waals surface area contributed by atoms with Crippen LogP contribution in [0.25, 0.3) is 0 Å². The van der Waals surface area contributed by atoms with Crippen LogP contribution in [0.4, 0.5) is 5.13 Å².